The summed E-state index contributed by atoms with van der Waals surface area (Å²) in [6.07, 6.45) is 8.77. The van der Waals surface area contributed by atoms with Crippen LogP contribution < -0.4 is 10.9 Å². The van der Waals surface area contributed by atoms with Crippen molar-refractivity contribution in [2.45, 2.75) is 58.5 Å². The van der Waals surface area contributed by atoms with Gasteiger partial charge < -0.3 is 10.1 Å². The Kier molecular flexibility index (Phi) is 5.07. The molecule has 0 unspecified atom stereocenters. The van der Waals surface area contributed by atoms with Crippen molar-refractivity contribution in [2.24, 2.45) is 23.2 Å². The van der Waals surface area contributed by atoms with Gasteiger partial charge in [0.05, 0.1) is 12.1 Å². The van der Waals surface area contributed by atoms with Gasteiger partial charge in [-0.2, -0.15) is 0 Å². The number of hydrogen-bond donors (Lipinski definition) is 1. The first kappa shape index (κ1) is 20.2. The summed E-state index contributed by atoms with van der Waals surface area (Å²) < 4.78 is 6.76. The second kappa shape index (κ2) is 7.77. The molecule has 164 valence electrons. The molecule has 4 fully saturated rings. The Labute approximate surface area is 181 Å². The molecule has 1 N–H and O–H groups in total. The van der Waals surface area contributed by atoms with E-state index < -0.39 is 5.97 Å². The fraction of sp³-hybridized carbons (Fsp3) is 0.583. The van der Waals surface area contributed by atoms with Gasteiger partial charge >= 0.3 is 5.97 Å². The second-order valence-electron chi connectivity index (χ2n) is 9.88. The number of carbonyl (C=O) groups excluding carboxylic acids is 2. The zero-order chi connectivity index (χ0) is 21.6. The number of nitrogens with one attached hydrogen (secondary N) is 1. The van der Waals surface area contributed by atoms with Crippen LogP contribution in [-0.2, 0) is 20.9 Å². The third-order valence-corrected chi connectivity index (χ3v) is 7.38. The van der Waals surface area contributed by atoms with Gasteiger partial charge in [-0.15, -0.1) is 0 Å². The van der Waals surface area contributed by atoms with Crippen molar-refractivity contribution < 1.29 is 14.3 Å². The number of aryl methyl sites for hydroxylation is 1. The molecule has 0 radical (unpaired) electrons. The highest BCUT2D eigenvalue weighted by Crippen LogP contribution is 2.60. The Morgan fingerprint density at radius 3 is 2.52 bits per heavy atom. The molecule has 0 saturated heterocycles. The summed E-state index contributed by atoms with van der Waals surface area (Å²) in [4.78, 5) is 41.7. The van der Waals surface area contributed by atoms with Crippen LogP contribution >= 0.6 is 0 Å². The van der Waals surface area contributed by atoms with Crippen LogP contribution in [0, 0.1) is 30.1 Å². The van der Waals surface area contributed by atoms with Crippen molar-refractivity contribution in [3.63, 3.8) is 0 Å². The van der Waals surface area contributed by atoms with E-state index in [9.17, 15) is 14.4 Å². The number of ether oxygens (including phenoxy) is 1. The minimum Gasteiger partial charge on any atom is -0.459 e. The highest BCUT2D eigenvalue weighted by atomic mass is 16.5. The molecule has 4 aliphatic carbocycles. The standard InChI is InChI=1S/C24H29N3O4/c1-15-2-3-20-26-19(9-21(28)27(20)13-15)14-31-22(29)4-5-25-23(30)24-10-16-6-17(11-24)8-18(7-16)12-24/h2-3,9,13,16-18H,4-8,10-12,14H2,1H3,(H,25,30). The van der Waals surface area contributed by atoms with Crippen molar-refractivity contribution in [1.82, 2.24) is 14.7 Å². The summed E-state index contributed by atoms with van der Waals surface area (Å²) >= 11 is 0. The van der Waals surface area contributed by atoms with Crippen LogP contribution in [0.5, 0.6) is 0 Å². The van der Waals surface area contributed by atoms with Gasteiger partial charge in [-0.1, -0.05) is 6.07 Å². The molecular formula is C24H29N3O4. The molecule has 0 atom stereocenters. The molecule has 7 heteroatoms. The van der Waals surface area contributed by atoms with Gasteiger partial charge in [0.1, 0.15) is 12.3 Å². The van der Waals surface area contributed by atoms with Crippen LogP contribution in [0.1, 0.15) is 56.2 Å². The number of pyridine rings is 1. The van der Waals surface area contributed by atoms with Crippen molar-refractivity contribution in [3.8, 4) is 0 Å². The van der Waals surface area contributed by atoms with E-state index in [1.165, 1.54) is 29.7 Å². The van der Waals surface area contributed by atoms with Gasteiger partial charge in [-0.25, -0.2) is 4.98 Å². The minimum absolute atomic E-state index is 0.0542. The largest absolute Gasteiger partial charge is 0.459 e. The zero-order valence-corrected chi connectivity index (χ0v) is 17.9. The maximum atomic E-state index is 12.9. The number of amides is 1. The normalized spacial score (nSPS) is 28.6. The van der Waals surface area contributed by atoms with Gasteiger partial charge in [0.15, 0.2) is 0 Å². The van der Waals surface area contributed by atoms with Crippen LogP contribution in [0.15, 0.2) is 29.2 Å². The highest BCUT2D eigenvalue weighted by Gasteiger charge is 2.54. The first-order chi connectivity index (χ1) is 14.9. The molecule has 0 aromatic carbocycles. The second-order valence-corrected chi connectivity index (χ2v) is 9.88. The lowest BCUT2D eigenvalue weighted by atomic mass is 9.49. The van der Waals surface area contributed by atoms with Gasteiger partial charge in [0, 0.05) is 24.2 Å². The van der Waals surface area contributed by atoms with E-state index >= 15 is 0 Å². The van der Waals surface area contributed by atoms with Gasteiger partial charge in [-0.05, 0) is 74.8 Å². The van der Waals surface area contributed by atoms with Crippen LogP contribution in [0.25, 0.3) is 5.65 Å². The van der Waals surface area contributed by atoms with E-state index in [1.807, 2.05) is 13.0 Å². The molecule has 7 nitrogen and oxygen atoms in total. The van der Waals surface area contributed by atoms with Gasteiger partial charge in [-0.3, -0.25) is 18.8 Å². The minimum atomic E-state index is -0.406. The molecule has 4 aliphatic rings. The van der Waals surface area contributed by atoms with E-state index in [4.69, 9.17) is 4.74 Å². The predicted octanol–water partition coefficient (Wildman–Crippen LogP) is 2.77. The number of rotatable bonds is 6. The van der Waals surface area contributed by atoms with E-state index in [-0.39, 0.29) is 36.5 Å². The highest BCUT2D eigenvalue weighted by molar-refractivity contribution is 5.83. The number of aromatic nitrogens is 2. The third-order valence-electron chi connectivity index (χ3n) is 7.38. The Bertz CT molecular complexity index is 1050. The third kappa shape index (κ3) is 3.98. The van der Waals surface area contributed by atoms with Crippen LogP contribution in [-0.4, -0.2) is 27.8 Å². The van der Waals surface area contributed by atoms with Gasteiger partial charge in [0.2, 0.25) is 5.91 Å². The van der Waals surface area contributed by atoms with Crippen molar-refractivity contribution >= 4 is 17.5 Å². The number of nitrogens with zero attached hydrogens (tertiary/aromatic N) is 2. The maximum absolute atomic E-state index is 12.9. The first-order valence-electron chi connectivity index (χ1n) is 11.3. The van der Waals surface area contributed by atoms with Crippen LogP contribution in [0.2, 0.25) is 0 Å². The average molecular weight is 424 g/mol. The van der Waals surface area contributed by atoms with Crippen LogP contribution in [0.3, 0.4) is 0 Å². The molecule has 6 rings (SSSR count). The Morgan fingerprint density at radius 1 is 1.16 bits per heavy atom. The zero-order valence-electron chi connectivity index (χ0n) is 17.9. The summed E-state index contributed by atoms with van der Waals surface area (Å²) in [6, 6.07) is 5.03. The van der Waals surface area contributed by atoms with E-state index in [1.54, 1.807) is 12.3 Å². The number of fused-ring (bicyclic) bond motifs is 1. The lowest BCUT2D eigenvalue weighted by molar-refractivity contribution is -0.147. The maximum Gasteiger partial charge on any atom is 0.307 e. The molecule has 1 amide bonds. The number of esters is 1. The smallest absolute Gasteiger partial charge is 0.307 e. The fourth-order valence-electron chi connectivity index (χ4n) is 6.41. The Morgan fingerprint density at radius 2 is 1.84 bits per heavy atom. The average Bonchev–Trinajstić information content (AvgIpc) is 2.72. The molecule has 0 spiro atoms. The lowest BCUT2D eigenvalue weighted by Gasteiger charge is -2.55. The fourth-order valence-corrected chi connectivity index (χ4v) is 6.41. The summed E-state index contributed by atoms with van der Waals surface area (Å²) in [6.45, 7) is 2.14. The molecule has 2 aromatic heterocycles. The Balaban J connectivity index is 1.12. The SMILES string of the molecule is Cc1ccc2nc(COC(=O)CCNC(=O)C34CC5CC(CC(C5)C3)C4)cc(=O)n2c1. The summed E-state index contributed by atoms with van der Waals surface area (Å²) in [5.74, 6) is 1.86. The van der Waals surface area contributed by atoms with Crippen molar-refractivity contribution in [1.29, 1.82) is 0 Å². The molecule has 0 aliphatic heterocycles. The molecule has 4 bridgehead atoms. The Hall–Kier alpha value is -2.70. The van der Waals surface area contributed by atoms with E-state index in [0.717, 1.165) is 24.8 Å². The summed E-state index contributed by atoms with van der Waals surface area (Å²) in [5, 5.41) is 3.00. The lowest BCUT2D eigenvalue weighted by Crippen LogP contribution is -2.53. The number of hydrogen-bond acceptors (Lipinski definition) is 5. The topological polar surface area (TPSA) is 89.8 Å². The summed E-state index contributed by atoms with van der Waals surface area (Å²) in [5.41, 5.74) is 1.49. The monoisotopic (exact) mass is 423 g/mol. The quantitative estimate of drug-likeness (QED) is 0.722. The molecule has 2 aromatic rings. The molecular weight excluding hydrogens is 394 g/mol. The molecule has 31 heavy (non-hydrogen) atoms. The molecule has 4 saturated carbocycles. The van der Waals surface area contributed by atoms with E-state index in [2.05, 4.69) is 10.3 Å². The van der Waals surface area contributed by atoms with E-state index in [0.29, 0.717) is 29.1 Å². The van der Waals surface area contributed by atoms with Crippen molar-refractivity contribution in [3.05, 3.63) is 46.0 Å². The number of carbonyl (C=O) groups is 2. The first-order valence-corrected chi connectivity index (χ1v) is 11.3. The summed E-state index contributed by atoms with van der Waals surface area (Å²) in [7, 11) is 0. The van der Waals surface area contributed by atoms with Gasteiger partial charge in [0.25, 0.3) is 5.56 Å². The van der Waals surface area contributed by atoms with Crippen LogP contribution in [0.4, 0.5) is 0 Å². The predicted molar refractivity (Wildman–Crippen MR) is 114 cm³/mol. The molecule has 2 heterocycles. The van der Waals surface area contributed by atoms with Crippen molar-refractivity contribution in [2.75, 3.05) is 6.54 Å².